The number of nitrogens with one attached hydrogen (secondary N) is 2. The summed E-state index contributed by atoms with van der Waals surface area (Å²) in [6.07, 6.45) is 2.49. The number of rotatable bonds is 6. The fraction of sp³-hybridized carbons (Fsp3) is 0.250. The number of benzene rings is 3. The van der Waals surface area contributed by atoms with Gasteiger partial charge in [0, 0.05) is 65.6 Å². The predicted octanol–water partition coefficient (Wildman–Crippen LogP) is 7.72. The van der Waals surface area contributed by atoms with Crippen LogP contribution in [0.4, 0.5) is 31.7 Å². The number of carbonyl (C=O) groups excluding carboxylic acids is 3. The van der Waals surface area contributed by atoms with Crippen molar-refractivity contribution in [2.45, 2.75) is 26.2 Å². The third kappa shape index (κ3) is 6.33. The first-order chi connectivity index (χ1) is 25.2. The van der Waals surface area contributed by atoms with Crippen LogP contribution in [0.1, 0.15) is 54.5 Å². The van der Waals surface area contributed by atoms with E-state index in [0.29, 0.717) is 46.2 Å². The van der Waals surface area contributed by atoms with Gasteiger partial charge in [0.2, 0.25) is 0 Å². The molecule has 52 heavy (non-hydrogen) atoms. The van der Waals surface area contributed by atoms with Gasteiger partial charge in [-0.3, -0.25) is 14.4 Å². The first-order valence-electron chi connectivity index (χ1n) is 17.2. The molecule has 3 amide bonds. The number of ether oxygens (including phenoxy) is 1. The number of pyridine rings is 1. The minimum absolute atomic E-state index is 0.210. The van der Waals surface area contributed by atoms with E-state index < -0.39 is 23.2 Å². The molecule has 12 heteroatoms. The zero-order chi connectivity index (χ0) is 36.0. The summed E-state index contributed by atoms with van der Waals surface area (Å²) < 4.78 is 34.0. The number of aromatic nitrogens is 1. The quantitative estimate of drug-likeness (QED) is 0.186. The van der Waals surface area contributed by atoms with Crippen LogP contribution in [0.5, 0.6) is 0 Å². The minimum Gasteiger partial charge on any atom is -0.381 e. The topological polar surface area (TPSA) is 104 Å². The molecule has 0 atom stereocenters. The molecule has 3 aromatic carbocycles. The minimum atomic E-state index is -0.857. The molecule has 0 bridgehead atoms. The van der Waals surface area contributed by atoms with Gasteiger partial charge in [-0.05, 0) is 92.4 Å². The molecule has 2 fully saturated rings. The van der Waals surface area contributed by atoms with Gasteiger partial charge in [-0.25, -0.2) is 13.8 Å². The van der Waals surface area contributed by atoms with Gasteiger partial charge in [-0.15, -0.1) is 11.3 Å². The van der Waals surface area contributed by atoms with Crippen molar-refractivity contribution >= 4 is 51.9 Å². The number of hydrogen-bond acceptors (Lipinski definition) is 7. The molecule has 0 saturated carbocycles. The fourth-order valence-electron chi connectivity index (χ4n) is 7.26. The second-order valence-electron chi connectivity index (χ2n) is 13.6. The Balaban J connectivity index is 0.974. The van der Waals surface area contributed by atoms with Gasteiger partial charge >= 0.3 is 0 Å². The van der Waals surface area contributed by atoms with Crippen LogP contribution < -0.4 is 20.4 Å². The lowest BCUT2D eigenvalue weighted by Gasteiger charge is -2.53. The van der Waals surface area contributed by atoms with E-state index in [1.54, 1.807) is 35.2 Å². The monoisotopic (exact) mass is 719 g/mol. The second kappa shape index (κ2) is 13.6. The molecular formula is C40H35F2N5O4S. The second-order valence-corrected chi connectivity index (χ2v) is 14.6. The van der Waals surface area contributed by atoms with E-state index in [9.17, 15) is 23.2 Å². The third-order valence-electron chi connectivity index (χ3n) is 10.1. The Bertz CT molecular complexity index is 2190. The molecule has 3 aliphatic heterocycles. The number of amides is 3. The Labute approximate surface area is 303 Å². The molecule has 9 nitrogen and oxygen atoms in total. The van der Waals surface area contributed by atoms with Crippen LogP contribution >= 0.6 is 11.3 Å². The molecule has 0 aliphatic carbocycles. The molecule has 3 aliphatic rings. The Morgan fingerprint density at radius 2 is 1.60 bits per heavy atom. The van der Waals surface area contributed by atoms with E-state index in [1.807, 2.05) is 43.3 Å². The lowest BCUT2D eigenvalue weighted by molar-refractivity contribution is -0.000519. The zero-order valence-corrected chi connectivity index (χ0v) is 29.2. The zero-order valence-electron chi connectivity index (χ0n) is 28.4. The summed E-state index contributed by atoms with van der Waals surface area (Å²) in [5.41, 5.74) is 4.40. The smallest absolute Gasteiger partial charge is 0.265 e. The molecule has 264 valence electrons. The number of halogens is 2. The van der Waals surface area contributed by atoms with Crippen molar-refractivity contribution in [3.05, 3.63) is 124 Å². The van der Waals surface area contributed by atoms with E-state index in [2.05, 4.69) is 15.5 Å². The van der Waals surface area contributed by atoms with E-state index >= 15 is 0 Å². The number of hydrogen-bond donors (Lipinski definition) is 2. The highest BCUT2D eigenvalue weighted by atomic mass is 32.1. The number of aryl methyl sites for hydroxylation is 1. The number of nitrogens with zero attached hydrogens (tertiary/aromatic N) is 3. The summed E-state index contributed by atoms with van der Waals surface area (Å²) >= 11 is 1.21. The van der Waals surface area contributed by atoms with Gasteiger partial charge in [0.1, 0.15) is 23.1 Å². The van der Waals surface area contributed by atoms with Crippen LogP contribution in [0.25, 0.3) is 10.4 Å². The summed E-state index contributed by atoms with van der Waals surface area (Å²) in [7, 11) is 0. The maximum Gasteiger partial charge on any atom is 0.265 e. The standard InChI is InChI=1S/C40H35F2N5O4S/c1-24-9-14-29(36(43-24)46-22-40(23-46)16-19-51-20-17-40)37(48)44-27-12-10-25(11-13-27)39(50)47-18-15-26-21-33(52-35(26)28-5-2-3-8-32(28)47)38(49)45-34-30(41)6-4-7-31(34)42/h2-14,21H,15-20,22-23H2,1H3,(H,44,48)(H,45,49). The van der Waals surface area contributed by atoms with Crippen molar-refractivity contribution in [1.82, 2.24) is 4.98 Å². The predicted molar refractivity (Wildman–Crippen MR) is 198 cm³/mol. The largest absolute Gasteiger partial charge is 0.381 e. The molecule has 2 N–H and O–H groups in total. The molecule has 2 aromatic heterocycles. The molecule has 5 heterocycles. The molecule has 5 aromatic rings. The summed E-state index contributed by atoms with van der Waals surface area (Å²) in [5.74, 6) is -2.12. The molecule has 0 unspecified atom stereocenters. The summed E-state index contributed by atoms with van der Waals surface area (Å²) in [5, 5.41) is 5.35. The number of para-hydroxylation sites is 2. The average molecular weight is 720 g/mol. The summed E-state index contributed by atoms with van der Waals surface area (Å²) in [4.78, 5) is 50.3. The average Bonchev–Trinajstić information content (AvgIpc) is 3.50. The van der Waals surface area contributed by atoms with Gasteiger partial charge in [0.05, 0.1) is 16.1 Å². The van der Waals surface area contributed by atoms with Crippen LogP contribution in [0.15, 0.2) is 84.9 Å². The highest BCUT2D eigenvalue weighted by Crippen LogP contribution is 2.44. The maximum absolute atomic E-state index is 14.2. The van der Waals surface area contributed by atoms with Crippen LogP contribution in [-0.4, -0.2) is 55.6 Å². The third-order valence-corrected chi connectivity index (χ3v) is 11.3. The number of anilines is 4. The van der Waals surface area contributed by atoms with Crippen molar-refractivity contribution in [2.75, 3.05) is 53.3 Å². The highest BCUT2D eigenvalue weighted by molar-refractivity contribution is 7.17. The van der Waals surface area contributed by atoms with Crippen molar-refractivity contribution < 1.29 is 27.9 Å². The molecular weight excluding hydrogens is 685 g/mol. The van der Waals surface area contributed by atoms with E-state index in [4.69, 9.17) is 9.72 Å². The summed E-state index contributed by atoms with van der Waals surface area (Å²) in [6.45, 7) is 5.50. The molecule has 0 radical (unpaired) electrons. The summed E-state index contributed by atoms with van der Waals surface area (Å²) in [6, 6.07) is 23.1. The van der Waals surface area contributed by atoms with Gasteiger partial charge in [0.25, 0.3) is 17.7 Å². The Hall–Kier alpha value is -5.46. The Kier molecular flexibility index (Phi) is 8.80. The van der Waals surface area contributed by atoms with Crippen molar-refractivity contribution in [3.63, 3.8) is 0 Å². The normalized spacial score (nSPS) is 16.0. The molecule has 8 rings (SSSR count). The lowest BCUT2D eigenvalue weighted by atomic mass is 9.73. The van der Waals surface area contributed by atoms with Crippen molar-refractivity contribution in [2.24, 2.45) is 5.41 Å². The first kappa shape index (κ1) is 33.7. The maximum atomic E-state index is 14.2. The van der Waals surface area contributed by atoms with Crippen LogP contribution in [0.2, 0.25) is 0 Å². The van der Waals surface area contributed by atoms with Crippen molar-refractivity contribution in [3.8, 4) is 10.4 Å². The van der Waals surface area contributed by atoms with E-state index in [0.717, 1.165) is 73.0 Å². The van der Waals surface area contributed by atoms with Gasteiger partial charge in [-0.1, -0.05) is 24.3 Å². The van der Waals surface area contributed by atoms with E-state index in [1.165, 1.54) is 17.4 Å². The Morgan fingerprint density at radius 1 is 0.865 bits per heavy atom. The van der Waals surface area contributed by atoms with Crippen LogP contribution in [-0.2, 0) is 11.2 Å². The fourth-order valence-corrected chi connectivity index (χ4v) is 8.40. The Morgan fingerprint density at radius 3 is 2.35 bits per heavy atom. The number of thiophene rings is 1. The lowest BCUT2D eigenvalue weighted by Crippen LogP contribution is -2.59. The van der Waals surface area contributed by atoms with E-state index in [-0.39, 0.29) is 17.2 Å². The van der Waals surface area contributed by atoms with Gasteiger partial charge in [0.15, 0.2) is 0 Å². The van der Waals surface area contributed by atoms with Crippen molar-refractivity contribution in [1.29, 1.82) is 0 Å². The number of carbonyl (C=O) groups is 3. The first-order valence-corrected chi connectivity index (χ1v) is 18.0. The van der Waals surface area contributed by atoms with Crippen LogP contribution in [0.3, 0.4) is 0 Å². The SMILES string of the molecule is Cc1ccc(C(=O)Nc2ccc(C(=O)N3CCc4cc(C(=O)Nc5c(F)cccc5F)sc4-c4ccccc43)cc2)c(N2CC3(CCOCC3)C2)n1. The highest BCUT2D eigenvalue weighted by Gasteiger charge is 2.45. The number of fused-ring (bicyclic) bond motifs is 3. The van der Waals surface area contributed by atoms with Crippen LogP contribution in [0, 0.1) is 24.0 Å². The molecule has 2 saturated heterocycles. The molecule has 1 spiro atoms. The van der Waals surface area contributed by atoms with Gasteiger partial charge < -0.3 is 25.2 Å². The van der Waals surface area contributed by atoms with Gasteiger partial charge in [-0.2, -0.15) is 0 Å².